The number of ether oxygens (including phenoxy) is 1. The predicted molar refractivity (Wildman–Crippen MR) is 111 cm³/mol. The van der Waals surface area contributed by atoms with Gasteiger partial charge >= 0.3 is 5.88 Å². The molecular formula is C22H23ClN2O4. The molecule has 3 aromatic rings. The first-order valence-electron chi connectivity index (χ1n) is 9.28. The molecule has 0 aliphatic carbocycles. The average molecular weight is 415 g/mol. The van der Waals surface area contributed by atoms with E-state index in [2.05, 4.69) is 5.32 Å². The minimum atomic E-state index is -0.719. The molecule has 2 aromatic carbocycles. The maximum Gasteiger partial charge on any atom is 0.384 e. The molecule has 0 amide bonds. The van der Waals surface area contributed by atoms with Crippen LogP contribution in [0.15, 0.2) is 72.9 Å². The lowest BCUT2D eigenvalue weighted by Gasteiger charge is -2.19. The number of pyridine rings is 1. The zero-order valence-electron chi connectivity index (χ0n) is 15.7. The minimum absolute atomic E-state index is 0.0687. The molecule has 0 saturated heterocycles. The molecular weight excluding hydrogens is 392 g/mol. The summed E-state index contributed by atoms with van der Waals surface area (Å²) >= 11 is 5.96. The Hall–Kier alpha value is -2.64. The number of aliphatic hydroxyl groups excluding tert-OH is 2. The molecule has 2 atom stereocenters. The van der Waals surface area contributed by atoms with Gasteiger partial charge in [-0.15, -0.1) is 4.73 Å². The zero-order chi connectivity index (χ0) is 20.6. The maximum atomic E-state index is 11.7. The second-order valence-corrected chi connectivity index (χ2v) is 7.11. The first kappa shape index (κ1) is 21.1. The molecule has 6 nitrogen and oxygen atoms in total. The first-order chi connectivity index (χ1) is 14.0. The van der Waals surface area contributed by atoms with Crippen LogP contribution >= 0.6 is 11.6 Å². The largest absolute Gasteiger partial charge is 0.616 e. The number of aliphatic hydroxyl groups is 2. The summed E-state index contributed by atoms with van der Waals surface area (Å²) in [5, 5.41) is 35.4. The summed E-state index contributed by atoms with van der Waals surface area (Å²) in [6.45, 7) is 0.227. The number of rotatable bonds is 9. The second kappa shape index (κ2) is 10.2. The number of aromatic nitrogens is 1. The Morgan fingerprint density at radius 3 is 2.55 bits per heavy atom. The van der Waals surface area contributed by atoms with E-state index >= 15 is 0 Å². The number of hydrogen-bond donors (Lipinski definition) is 3. The van der Waals surface area contributed by atoms with Crippen LogP contribution in [-0.2, 0) is 6.42 Å². The quantitative estimate of drug-likeness (QED) is 0.370. The molecule has 3 N–H and O–H groups in total. The fourth-order valence-electron chi connectivity index (χ4n) is 2.90. The van der Waals surface area contributed by atoms with E-state index in [0.717, 1.165) is 11.1 Å². The van der Waals surface area contributed by atoms with E-state index in [-0.39, 0.29) is 18.5 Å². The summed E-state index contributed by atoms with van der Waals surface area (Å²) in [6, 6.07) is 19.1. The number of nitrogens with zero attached hydrogens (tertiary/aromatic N) is 1. The van der Waals surface area contributed by atoms with Crippen molar-refractivity contribution in [2.24, 2.45) is 0 Å². The molecule has 0 saturated carbocycles. The Morgan fingerprint density at radius 1 is 1.07 bits per heavy atom. The van der Waals surface area contributed by atoms with Gasteiger partial charge in [0.2, 0.25) is 0 Å². The van der Waals surface area contributed by atoms with Crippen LogP contribution in [-0.4, -0.2) is 29.4 Å². The van der Waals surface area contributed by atoms with Crippen molar-refractivity contribution < 1.29 is 19.7 Å². The van der Waals surface area contributed by atoms with Gasteiger partial charge in [-0.3, -0.25) is 0 Å². The lowest BCUT2D eigenvalue weighted by Crippen LogP contribution is -2.37. The molecule has 0 radical (unpaired) electrons. The molecule has 7 heteroatoms. The predicted octanol–water partition coefficient (Wildman–Crippen LogP) is 2.99. The van der Waals surface area contributed by atoms with Crippen molar-refractivity contribution in [3.63, 3.8) is 0 Å². The third-order valence-electron chi connectivity index (χ3n) is 4.47. The molecule has 0 spiro atoms. The Morgan fingerprint density at radius 2 is 1.86 bits per heavy atom. The number of nitrogens with one attached hydrogen (secondary N) is 1. The van der Waals surface area contributed by atoms with E-state index in [4.69, 9.17) is 16.3 Å². The first-order valence-corrected chi connectivity index (χ1v) is 9.65. The second-order valence-electron chi connectivity index (χ2n) is 6.67. The van der Waals surface area contributed by atoms with E-state index in [0.29, 0.717) is 28.5 Å². The molecule has 0 bridgehead atoms. The molecule has 0 unspecified atom stereocenters. The van der Waals surface area contributed by atoms with E-state index < -0.39 is 6.10 Å². The molecule has 0 fully saturated rings. The van der Waals surface area contributed by atoms with Gasteiger partial charge < -0.3 is 25.5 Å². The lowest BCUT2D eigenvalue weighted by molar-refractivity contribution is -0.611. The van der Waals surface area contributed by atoms with E-state index in [9.17, 15) is 15.4 Å². The number of benzene rings is 2. The van der Waals surface area contributed by atoms with Gasteiger partial charge in [0.1, 0.15) is 5.75 Å². The Kier molecular flexibility index (Phi) is 7.43. The van der Waals surface area contributed by atoms with Crippen molar-refractivity contribution in [3.8, 4) is 11.6 Å². The normalized spacial score (nSPS) is 13.1. The van der Waals surface area contributed by atoms with Gasteiger partial charge in [0.15, 0.2) is 6.20 Å². The van der Waals surface area contributed by atoms with Crippen molar-refractivity contribution in [2.45, 2.75) is 18.6 Å². The van der Waals surface area contributed by atoms with Gasteiger partial charge in [-0.2, -0.15) is 0 Å². The van der Waals surface area contributed by atoms with Crippen molar-refractivity contribution in [1.29, 1.82) is 0 Å². The van der Waals surface area contributed by atoms with Crippen LogP contribution in [0.1, 0.15) is 17.2 Å². The van der Waals surface area contributed by atoms with Crippen LogP contribution < -0.4 is 14.8 Å². The van der Waals surface area contributed by atoms with Crippen LogP contribution in [0.25, 0.3) is 0 Å². The number of hydrogen-bond acceptors (Lipinski definition) is 5. The highest BCUT2D eigenvalue weighted by Gasteiger charge is 2.13. The van der Waals surface area contributed by atoms with Gasteiger partial charge in [-0.1, -0.05) is 35.9 Å². The summed E-state index contributed by atoms with van der Waals surface area (Å²) in [4.78, 5) is 0. The molecule has 152 valence electrons. The van der Waals surface area contributed by atoms with E-state index in [1.54, 1.807) is 48.5 Å². The average Bonchev–Trinajstić information content (AvgIpc) is 2.73. The molecule has 0 aliphatic heterocycles. The topological polar surface area (TPSA) is 88.7 Å². The third kappa shape index (κ3) is 6.17. The highest BCUT2D eigenvalue weighted by atomic mass is 35.5. The molecule has 29 heavy (non-hydrogen) atoms. The van der Waals surface area contributed by atoms with Gasteiger partial charge in [-0.25, -0.2) is 0 Å². The maximum absolute atomic E-state index is 11.7. The monoisotopic (exact) mass is 414 g/mol. The molecule has 1 heterocycles. The summed E-state index contributed by atoms with van der Waals surface area (Å²) in [5.41, 5.74) is 1.71. The van der Waals surface area contributed by atoms with Crippen molar-refractivity contribution in [1.82, 2.24) is 5.32 Å². The fourth-order valence-corrected chi connectivity index (χ4v) is 3.10. The van der Waals surface area contributed by atoms with E-state index in [1.165, 1.54) is 6.20 Å². The molecule has 3 rings (SSSR count). The standard InChI is InChI=1S/C22H23ClN2O4/c23-18-5-3-4-17(13-18)21(27)14-24-19(15-26)12-16-7-9-20(10-8-16)29-22-6-1-2-11-25(22)28/h1-11,13,19,21,24,26-27H,12,14-15H2/t19-,21-/m1/s1. The van der Waals surface area contributed by atoms with Gasteiger partial charge in [0.25, 0.3) is 0 Å². The Bertz CT molecular complexity index is 921. The summed E-state index contributed by atoms with van der Waals surface area (Å²) in [5.74, 6) is 0.750. The Labute approximate surface area is 174 Å². The summed E-state index contributed by atoms with van der Waals surface area (Å²) in [7, 11) is 0. The molecule has 0 aliphatic rings. The summed E-state index contributed by atoms with van der Waals surface area (Å²) in [6.07, 6.45) is 1.23. The van der Waals surface area contributed by atoms with Crippen LogP contribution in [0.5, 0.6) is 11.6 Å². The highest BCUT2D eigenvalue weighted by molar-refractivity contribution is 6.30. The number of halogens is 1. The van der Waals surface area contributed by atoms with Crippen LogP contribution in [0.4, 0.5) is 0 Å². The highest BCUT2D eigenvalue weighted by Crippen LogP contribution is 2.20. The van der Waals surface area contributed by atoms with Crippen molar-refractivity contribution in [3.05, 3.63) is 94.3 Å². The van der Waals surface area contributed by atoms with Gasteiger partial charge in [0, 0.05) is 23.7 Å². The minimum Gasteiger partial charge on any atom is -0.616 e. The SMILES string of the molecule is [O-][n+]1ccccc1Oc1ccc(C[C@H](CO)NC[C@@H](O)c2cccc(Cl)c2)cc1. The summed E-state index contributed by atoms with van der Waals surface area (Å²) < 4.78 is 6.23. The van der Waals surface area contributed by atoms with Crippen LogP contribution in [0.2, 0.25) is 5.02 Å². The zero-order valence-corrected chi connectivity index (χ0v) is 16.5. The van der Waals surface area contributed by atoms with E-state index in [1.807, 2.05) is 18.2 Å². The van der Waals surface area contributed by atoms with Gasteiger partial charge in [0.05, 0.1) is 18.8 Å². The Balaban J connectivity index is 1.54. The third-order valence-corrected chi connectivity index (χ3v) is 4.71. The van der Waals surface area contributed by atoms with Crippen LogP contribution in [0.3, 0.4) is 0 Å². The van der Waals surface area contributed by atoms with Gasteiger partial charge in [-0.05, 0) is 47.9 Å². The van der Waals surface area contributed by atoms with Crippen LogP contribution in [0, 0.1) is 5.21 Å². The smallest absolute Gasteiger partial charge is 0.384 e. The molecule has 1 aromatic heterocycles. The van der Waals surface area contributed by atoms with Crippen molar-refractivity contribution >= 4 is 11.6 Å². The fraction of sp³-hybridized carbons (Fsp3) is 0.227. The van der Waals surface area contributed by atoms with Crippen molar-refractivity contribution in [2.75, 3.05) is 13.2 Å². The lowest BCUT2D eigenvalue weighted by atomic mass is 10.1.